The second-order valence-electron chi connectivity index (χ2n) is 13.0. The number of rotatable bonds is 4. The lowest BCUT2D eigenvalue weighted by Gasteiger charge is -2.40. The average Bonchev–Trinajstić information content (AvgIpc) is 3.72. The third kappa shape index (κ3) is 3.90. The second-order valence-corrected chi connectivity index (χ2v) is 14.5. The van der Waals surface area contributed by atoms with E-state index in [1.165, 1.54) is 11.3 Å². The molecule has 43 heavy (non-hydrogen) atoms. The summed E-state index contributed by atoms with van der Waals surface area (Å²) in [6.45, 7) is 6.12. The number of fused-ring (bicyclic) bond motifs is 7. The molecule has 2 bridgehead atoms. The number of thiazole rings is 1. The summed E-state index contributed by atoms with van der Waals surface area (Å²) in [5.41, 5.74) is 7.57. The van der Waals surface area contributed by atoms with Crippen LogP contribution in [0, 0.1) is 11.7 Å². The summed E-state index contributed by atoms with van der Waals surface area (Å²) in [6.07, 6.45) is 5.49. The zero-order chi connectivity index (χ0) is 29.0. The number of ether oxygens (including phenoxy) is 2. The van der Waals surface area contributed by atoms with E-state index in [9.17, 15) is 0 Å². The van der Waals surface area contributed by atoms with E-state index >= 15 is 4.39 Å². The number of hydrogen-bond acceptors (Lipinski definition) is 10. The van der Waals surface area contributed by atoms with Crippen LogP contribution >= 0.6 is 22.9 Å². The van der Waals surface area contributed by atoms with Crippen molar-refractivity contribution in [1.29, 1.82) is 0 Å². The lowest BCUT2D eigenvalue weighted by molar-refractivity contribution is 0.107. The van der Waals surface area contributed by atoms with Crippen LogP contribution < -0.4 is 25.4 Å². The third-order valence-corrected chi connectivity index (χ3v) is 11.6. The van der Waals surface area contributed by atoms with Crippen molar-refractivity contribution in [3.8, 4) is 22.9 Å². The molecule has 9 rings (SSSR count). The van der Waals surface area contributed by atoms with Gasteiger partial charge in [-0.25, -0.2) is 9.37 Å². The summed E-state index contributed by atoms with van der Waals surface area (Å²) in [5, 5.41) is 4.85. The number of piperazine rings is 1. The Morgan fingerprint density at radius 1 is 1.23 bits per heavy atom. The quantitative estimate of drug-likeness (QED) is 0.317. The Hall–Kier alpha value is -2.99. The van der Waals surface area contributed by atoms with Crippen molar-refractivity contribution in [2.24, 2.45) is 5.92 Å². The molecular weight excluding hydrogens is 589 g/mol. The van der Waals surface area contributed by atoms with Crippen molar-refractivity contribution < 1.29 is 13.9 Å². The molecule has 0 spiro atoms. The first-order valence-electron chi connectivity index (χ1n) is 15.3. The number of aromatic nitrogens is 3. The number of nitrogens with zero attached hydrogens (tertiary/aromatic N) is 5. The van der Waals surface area contributed by atoms with Gasteiger partial charge in [-0.15, -0.1) is 0 Å². The first kappa shape index (κ1) is 26.4. The summed E-state index contributed by atoms with van der Waals surface area (Å²) >= 11 is 8.46. The first-order chi connectivity index (χ1) is 20.9. The monoisotopic (exact) mass is 621 g/mol. The van der Waals surface area contributed by atoms with Crippen LogP contribution in [0.15, 0.2) is 18.2 Å². The standard InChI is InChI=1S/C31H33ClFN7O2S/c1-15-10-31(8-3-9-39(31)11-15)14-42-30-37-26-22-27(41-13-19-18-7-6-16(35-18)12-40(19)28(22)38-30)23(32)21(24(26)33)17-4-2-5-20-25(17)36-29(34)43-20/h2,4-5,15-16,18-19,35H,3,6-14H2,1H3,(H2,34,36)/t15-,16+,18-,19+,31-/m0/s1. The van der Waals surface area contributed by atoms with Gasteiger partial charge in [-0.3, -0.25) is 4.90 Å². The molecule has 4 aromatic rings. The highest BCUT2D eigenvalue weighted by Crippen LogP contribution is 2.50. The maximum atomic E-state index is 17.0. The number of halogens is 2. The topological polar surface area (TPSA) is 102 Å². The minimum absolute atomic E-state index is 0.0132. The summed E-state index contributed by atoms with van der Waals surface area (Å²) < 4.78 is 30.8. The zero-order valence-corrected chi connectivity index (χ0v) is 25.5. The van der Waals surface area contributed by atoms with Gasteiger partial charge in [-0.2, -0.15) is 9.97 Å². The number of nitrogens with one attached hydrogen (secondary N) is 1. The van der Waals surface area contributed by atoms with Gasteiger partial charge in [-0.1, -0.05) is 42.0 Å². The van der Waals surface area contributed by atoms with Gasteiger partial charge in [0.2, 0.25) is 0 Å². The summed E-state index contributed by atoms with van der Waals surface area (Å²) in [6, 6.07) is 6.43. The van der Waals surface area contributed by atoms with E-state index in [0.29, 0.717) is 58.3 Å². The number of para-hydroxylation sites is 1. The molecule has 0 saturated carbocycles. The van der Waals surface area contributed by atoms with Gasteiger partial charge in [0, 0.05) is 36.3 Å². The molecule has 0 unspecified atom stereocenters. The summed E-state index contributed by atoms with van der Waals surface area (Å²) in [4.78, 5) is 19.1. The highest BCUT2D eigenvalue weighted by atomic mass is 35.5. The number of nitrogen functional groups attached to an aromatic ring is 1. The van der Waals surface area contributed by atoms with Crippen LogP contribution in [0.3, 0.4) is 0 Å². The minimum atomic E-state index is -0.536. The van der Waals surface area contributed by atoms with E-state index in [2.05, 4.69) is 27.0 Å². The maximum Gasteiger partial charge on any atom is 0.319 e. The predicted molar refractivity (Wildman–Crippen MR) is 167 cm³/mol. The third-order valence-electron chi connectivity index (χ3n) is 10.3. The molecule has 9 nitrogen and oxygen atoms in total. The molecule has 4 saturated heterocycles. The molecule has 0 radical (unpaired) electrons. The number of benzene rings is 2. The van der Waals surface area contributed by atoms with Gasteiger partial charge >= 0.3 is 6.01 Å². The largest absolute Gasteiger partial charge is 0.489 e. The number of nitrogens with two attached hydrogens (primary N) is 1. The van der Waals surface area contributed by atoms with Crippen LogP contribution in [0.5, 0.6) is 11.8 Å². The molecule has 0 amide bonds. The van der Waals surface area contributed by atoms with Crippen molar-refractivity contribution in [1.82, 2.24) is 25.2 Å². The highest BCUT2D eigenvalue weighted by Gasteiger charge is 2.48. The van der Waals surface area contributed by atoms with Gasteiger partial charge in [0.25, 0.3) is 0 Å². The average molecular weight is 622 g/mol. The fourth-order valence-corrected chi connectivity index (χ4v) is 9.67. The smallest absolute Gasteiger partial charge is 0.319 e. The summed E-state index contributed by atoms with van der Waals surface area (Å²) in [5.74, 6) is 1.13. The van der Waals surface area contributed by atoms with Crippen LogP contribution in [0.2, 0.25) is 5.02 Å². The molecule has 5 atom stereocenters. The molecular formula is C31H33ClFN7O2S. The normalized spacial score (nSPS) is 29.6. The molecule has 4 fully saturated rings. The summed E-state index contributed by atoms with van der Waals surface area (Å²) in [7, 11) is 0. The molecule has 12 heteroatoms. The van der Waals surface area contributed by atoms with Gasteiger partial charge in [-0.05, 0) is 50.6 Å². The molecule has 5 aliphatic heterocycles. The molecule has 5 aliphatic rings. The Morgan fingerprint density at radius 3 is 3.05 bits per heavy atom. The fourth-order valence-electron chi connectivity index (χ4n) is 8.57. The van der Waals surface area contributed by atoms with Crippen molar-refractivity contribution in [2.45, 2.75) is 62.7 Å². The van der Waals surface area contributed by atoms with Gasteiger partial charge in [0.05, 0.1) is 32.2 Å². The minimum Gasteiger partial charge on any atom is -0.489 e. The van der Waals surface area contributed by atoms with Crippen molar-refractivity contribution in [2.75, 3.05) is 43.5 Å². The Balaban J connectivity index is 1.24. The molecule has 2 aromatic carbocycles. The van der Waals surface area contributed by atoms with Crippen molar-refractivity contribution >= 4 is 55.0 Å². The Kier molecular flexibility index (Phi) is 5.84. The van der Waals surface area contributed by atoms with Crippen LogP contribution in [0.25, 0.3) is 32.2 Å². The fraction of sp³-hybridized carbons (Fsp3) is 0.516. The van der Waals surface area contributed by atoms with Gasteiger partial charge < -0.3 is 25.4 Å². The van der Waals surface area contributed by atoms with Gasteiger partial charge in [0.1, 0.15) is 24.5 Å². The van der Waals surface area contributed by atoms with E-state index < -0.39 is 5.82 Å². The van der Waals surface area contributed by atoms with Crippen LogP contribution in [0.1, 0.15) is 39.0 Å². The number of hydrogen-bond donors (Lipinski definition) is 2. The Morgan fingerprint density at radius 2 is 2.14 bits per heavy atom. The van der Waals surface area contributed by atoms with Crippen LogP contribution in [0.4, 0.5) is 15.3 Å². The van der Waals surface area contributed by atoms with Crippen LogP contribution in [-0.4, -0.2) is 76.4 Å². The first-order valence-corrected chi connectivity index (χ1v) is 16.5. The molecule has 3 N–H and O–H groups in total. The van der Waals surface area contributed by atoms with Crippen molar-refractivity contribution in [3.05, 3.63) is 29.0 Å². The van der Waals surface area contributed by atoms with E-state index in [1.807, 2.05) is 18.2 Å². The van der Waals surface area contributed by atoms with Gasteiger partial charge in [0.15, 0.2) is 16.7 Å². The SMILES string of the molecule is C[C@@H]1CN2CCC[C@@]2(COc2nc3c4c(c(Cl)c(-c5cccc6sc(N)nc56)c(F)c4n2)OC[C@@H]2[C@@H]4CC[C@H](CN32)N4)C1. The Labute approximate surface area is 257 Å². The second kappa shape index (κ2) is 9.50. The molecule has 2 aromatic heterocycles. The maximum absolute atomic E-state index is 17.0. The highest BCUT2D eigenvalue weighted by molar-refractivity contribution is 7.22. The molecule has 0 aliphatic carbocycles. The van der Waals surface area contributed by atoms with Crippen LogP contribution in [-0.2, 0) is 0 Å². The molecule has 7 heterocycles. The van der Waals surface area contributed by atoms with Crippen molar-refractivity contribution in [3.63, 3.8) is 0 Å². The van der Waals surface area contributed by atoms with E-state index in [1.54, 1.807) is 0 Å². The lowest BCUT2D eigenvalue weighted by atomic mass is 9.92. The van der Waals surface area contributed by atoms with E-state index in [4.69, 9.17) is 36.8 Å². The zero-order valence-electron chi connectivity index (χ0n) is 23.9. The Bertz CT molecular complexity index is 1800. The number of anilines is 2. The predicted octanol–water partition coefficient (Wildman–Crippen LogP) is 5.24. The van der Waals surface area contributed by atoms with E-state index in [-0.39, 0.29) is 39.7 Å². The molecule has 224 valence electrons. The van der Waals surface area contributed by atoms with E-state index in [0.717, 1.165) is 56.4 Å². The lowest BCUT2D eigenvalue weighted by Crippen LogP contribution is -2.60.